The summed E-state index contributed by atoms with van der Waals surface area (Å²) in [7, 11) is 0. The van der Waals surface area contributed by atoms with Crippen LogP contribution < -0.4 is 4.90 Å². The molecule has 2 aromatic heterocycles. The molecule has 10 aromatic rings. The maximum atomic E-state index is 2.41. The first-order chi connectivity index (χ1) is 24.3. The summed E-state index contributed by atoms with van der Waals surface area (Å²) >= 11 is 3.77. The largest absolute Gasteiger partial charge is 0.310 e. The molecule has 0 spiro atoms. The van der Waals surface area contributed by atoms with Gasteiger partial charge in [-0.25, -0.2) is 0 Å². The van der Waals surface area contributed by atoms with Gasteiger partial charge in [-0.05, 0) is 81.6 Å². The summed E-state index contributed by atoms with van der Waals surface area (Å²) in [4.78, 5) is 2.41. The van der Waals surface area contributed by atoms with Crippen molar-refractivity contribution < 1.29 is 0 Å². The van der Waals surface area contributed by atoms with E-state index in [0.717, 1.165) is 17.1 Å². The molecule has 0 aliphatic rings. The van der Waals surface area contributed by atoms with Crippen LogP contribution in [0.4, 0.5) is 17.1 Å². The molecule has 0 N–H and O–H groups in total. The molecule has 0 aliphatic heterocycles. The molecule has 1 nitrogen and oxygen atoms in total. The molecule has 49 heavy (non-hydrogen) atoms. The Morgan fingerprint density at radius 3 is 1.86 bits per heavy atom. The van der Waals surface area contributed by atoms with Crippen LogP contribution in [-0.2, 0) is 0 Å². The van der Waals surface area contributed by atoms with E-state index in [2.05, 4.69) is 181 Å². The number of hydrogen-bond donors (Lipinski definition) is 0. The van der Waals surface area contributed by atoms with Crippen LogP contribution in [0.25, 0.3) is 73.4 Å². The van der Waals surface area contributed by atoms with Crippen LogP contribution in [0.15, 0.2) is 176 Å². The van der Waals surface area contributed by atoms with Crippen molar-refractivity contribution in [3.8, 4) is 22.3 Å². The lowest BCUT2D eigenvalue weighted by molar-refractivity contribution is 1.29. The van der Waals surface area contributed by atoms with E-state index in [1.54, 1.807) is 0 Å². The van der Waals surface area contributed by atoms with E-state index in [-0.39, 0.29) is 0 Å². The van der Waals surface area contributed by atoms with Crippen molar-refractivity contribution in [2.75, 3.05) is 4.90 Å². The lowest BCUT2D eigenvalue weighted by Crippen LogP contribution is -2.10. The minimum atomic E-state index is 1.13. The Hall–Kier alpha value is -5.74. The summed E-state index contributed by atoms with van der Waals surface area (Å²) in [5.74, 6) is 0. The van der Waals surface area contributed by atoms with Crippen molar-refractivity contribution in [1.82, 2.24) is 0 Å². The van der Waals surface area contributed by atoms with Gasteiger partial charge in [0.1, 0.15) is 0 Å². The highest BCUT2D eigenvalue weighted by atomic mass is 32.1. The normalized spacial score (nSPS) is 11.7. The second kappa shape index (κ2) is 11.5. The molecule has 0 amide bonds. The molecule has 0 bridgehead atoms. The Morgan fingerprint density at radius 1 is 0.327 bits per heavy atom. The average molecular weight is 660 g/mol. The highest BCUT2D eigenvalue weighted by Crippen LogP contribution is 2.45. The first-order valence-electron chi connectivity index (χ1n) is 16.6. The Labute approximate surface area is 292 Å². The minimum absolute atomic E-state index is 1.13. The van der Waals surface area contributed by atoms with E-state index < -0.39 is 0 Å². The summed E-state index contributed by atoms with van der Waals surface area (Å²) in [6, 6.07) is 64.3. The van der Waals surface area contributed by atoms with Gasteiger partial charge < -0.3 is 4.90 Å². The molecule has 0 saturated heterocycles. The number of thiophene rings is 2. The smallest absolute Gasteiger partial charge is 0.0468 e. The minimum Gasteiger partial charge on any atom is -0.310 e. The zero-order valence-corrected chi connectivity index (χ0v) is 28.1. The summed E-state index contributed by atoms with van der Waals surface area (Å²) < 4.78 is 5.31. The SMILES string of the molecule is c1ccc(-c2ccc(N(c3cccc(-c4cccc5c4sc4ccccc45)c3)c3ccc4sc5c6ccccc6ccc5c4c3)cc2)cc1. The molecule has 0 fully saturated rings. The molecule has 0 aliphatic carbocycles. The van der Waals surface area contributed by atoms with Crippen molar-refractivity contribution >= 4 is 90.9 Å². The average Bonchev–Trinajstić information content (AvgIpc) is 3.74. The van der Waals surface area contributed by atoms with Gasteiger partial charge in [0.2, 0.25) is 0 Å². The zero-order chi connectivity index (χ0) is 32.3. The number of rotatable bonds is 5. The molecule has 0 unspecified atom stereocenters. The van der Waals surface area contributed by atoms with Crippen LogP contribution in [-0.4, -0.2) is 0 Å². The molecule has 2 heterocycles. The van der Waals surface area contributed by atoms with Crippen LogP contribution in [0.1, 0.15) is 0 Å². The fraction of sp³-hybridized carbons (Fsp3) is 0. The lowest BCUT2D eigenvalue weighted by Gasteiger charge is -2.26. The summed E-state index contributed by atoms with van der Waals surface area (Å²) in [6.45, 7) is 0. The van der Waals surface area contributed by atoms with Crippen LogP contribution in [0.5, 0.6) is 0 Å². The van der Waals surface area contributed by atoms with Gasteiger partial charge >= 0.3 is 0 Å². The van der Waals surface area contributed by atoms with Gasteiger partial charge in [0.05, 0.1) is 0 Å². The molecular formula is C46H29NS2. The highest BCUT2D eigenvalue weighted by Gasteiger charge is 2.18. The van der Waals surface area contributed by atoms with Gasteiger partial charge in [-0.15, -0.1) is 22.7 Å². The molecule has 3 heteroatoms. The van der Waals surface area contributed by atoms with Crippen molar-refractivity contribution in [3.63, 3.8) is 0 Å². The molecule has 0 saturated carbocycles. The summed E-state index contributed by atoms with van der Waals surface area (Å²) in [5, 5.41) is 7.85. The third-order valence-electron chi connectivity index (χ3n) is 9.66. The molecule has 230 valence electrons. The molecule has 0 atom stereocenters. The predicted molar refractivity (Wildman–Crippen MR) is 215 cm³/mol. The fourth-order valence-corrected chi connectivity index (χ4v) is 9.76. The maximum Gasteiger partial charge on any atom is 0.0468 e. The number of nitrogens with zero attached hydrogens (tertiary/aromatic N) is 1. The Morgan fingerprint density at radius 2 is 0.959 bits per heavy atom. The van der Waals surface area contributed by atoms with Crippen molar-refractivity contribution in [2.45, 2.75) is 0 Å². The summed E-state index contributed by atoms with van der Waals surface area (Å²) in [6.07, 6.45) is 0. The van der Waals surface area contributed by atoms with E-state index >= 15 is 0 Å². The van der Waals surface area contributed by atoms with E-state index in [1.165, 1.54) is 73.4 Å². The molecule has 8 aromatic carbocycles. The van der Waals surface area contributed by atoms with Gasteiger partial charge in [-0.2, -0.15) is 0 Å². The number of anilines is 3. The quantitative estimate of drug-likeness (QED) is 0.178. The van der Waals surface area contributed by atoms with Gasteiger partial charge in [-0.1, -0.05) is 127 Å². The fourth-order valence-electron chi connectivity index (χ4n) is 7.30. The molecule has 0 radical (unpaired) electrons. The third kappa shape index (κ3) is 4.74. The van der Waals surface area contributed by atoms with Crippen molar-refractivity contribution in [1.29, 1.82) is 0 Å². The van der Waals surface area contributed by atoms with E-state index in [1.807, 2.05) is 22.7 Å². The predicted octanol–water partition coefficient (Wildman–Crippen LogP) is 14.4. The number of hydrogen-bond acceptors (Lipinski definition) is 3. The highest BCUT2D eigenvalue weighted by molar-refractivity contribution is 7.27. The van der Waals surface area contributed by atoms with Crippen LogP contribution in [0.3, 0.4) is 0 Å². The topological polar surface area (TPSA) is 3.24 Å². The second-order valence-corrected chi connectivity index (χ2v) is 14.6. The van der Waals surface area contributed by atoms with Crippen molar-refractivity contribution in [2.24, 2.45) is 0 Å². The first-order valence-corrected chi connectivity index (χ1v) is 18.2. The second-order valence-electron chi connectivity index (χ2n) is 12.5. The lowest BCUT2D eigenvalue weighted by atomic mass is 10.0. The Bertz CT molecular complexity index is 2830. The van der Waals surface area contributed by atoms with Gasteiger partial charge in [-0.3, -0.25) is 0 Å². The van der Waals surface area contributed by atoms with Gasteiger partial charge in [0.15, 0.2) is 0 Å². The van der Waals surface area contributed by atoms with Crippen LogP contribution in [0, 0.1) is 0 Å². The van der Waals surface area contributed by atoms with Crippen LogP contribution in [0.2, 0.25) is 0 Å². The number of benzene rings is 8. The molecular weight excluding hydrogens is 631 g/mol. The Kier molecular flexibility index (Phi) is 6.61. The van der Waals surface area contributed by atoms with E-state index in [0.29, 0.717) is 0 Å². The van der Waals surface area contributed by atoms with Gasteiger partial charge in [0.25, 0.3) is 0 Å². The maximum absolute atomic E-state index is 2.41. The first kappa shape index (κ1) is 28.3. The van der Waals surface area contributed by atoms with Crippen LogP contribution >= 0.6 is 22.7 Å². The monoisotopic (exact) mass is 659 g/mol. The zero-order valence-electron chi connectivity index (χ0n) is 26.5. The van der Waals surface area contributed by atoms with E-state index in [9.17, 15) is 0 Å². The Balaban J connectivity index is 1.16. The summed E-state index contributed by atoms with van der Waals surface area (Å²) in [5.41, 5.74) is 8.32. The number of fused-ring (bicyclic) bond motifs is 8. The third-order valence-corrected chi connectivity index (χ3v) is 12.1. The van der Waals surface area contributed by atoms with Crippen molar-refractivity contribution in [3.05, 3.63) is 176 Å². The van der Waals surface area contributed by atoms with Gasteiger partial charge in [0, 0.05) is 57.4 Å². The molecule has 10 rings (SSSR count). The van der Waals surface area contributed by atoms with E-state index in [4.69, 9.17) is 0 Å². The standard InChI is InChI=1S/C46H29NS2/c1-2-10-30(11-3-1)31-20-23-34(24-21-31)47(36-25-27-44-42(29-36)41-26-22-32-12-4-5-15-37(32)45(41)49-44)35-14-8-13-33(28-35)38-17-9-18-40-39-16-6-7-19-43(39)48-46(38)40/h1-29H.